The molecule has 0 saturated heterocycles. The molecule has 0 saturated carbocycles. The van der Waals surface area contributed by atoms with Gasteiger partial charge in [-0.3, -0.25) is 0 Å². The number of alkyl halides is 1. The molecule has 1 nitrogen and oxygen atoms in total. The minimum absolute atomic E-state index is 0.686. The summed E-state index contributed by atoms with van der Waals surface area (Å²) < 4.78 is 0. The lowest BCUT2D eigenvalue weighted by molar-refractivity contribution is 0.136. The van der Waals surface area contributed by atoms with E-state index in [9.17, 15) is 0 Å². The first-order chi connectivity index (χ1) is 3.56. The average Bonchev–Trinajstić information content (AvgIpc) is 1.59. The minimum atomic E-state index is -0.976. The summed E-state index contributed by atoms with van der Waals surface area (Å²) in [5.41, 5.74) is 0. The Morgan fingerprint density at radius 3 is 2.25 bits per heavy atom. The molecule has 0 rings (SSSR count). The van der Waals surface area contributed by atoms with Crippen LogP contribution in [0.1, 0.15) is 33.1 Å². The Labute approximate surface area is 55.7 Å². The van der Waals surface area contributed by atoms with Crippen molar-refractivity contribution >= 4 is 11.6 Å². The molecule has 0 heterocycles. The van der Waals surface area contributed by atoms with Gasteiger partial charge in [-0.05, 0) is 19.8 Å². The summed E-state index contributed by atoms with van der Waals surface area (Å²) in [5, 5.41) is 7.94. The number of unbranched alkanes of at least 4 members (excludes halogenated alkanes) is 1. The van der Waals surface area contributed by atoms with Gasteiger partial charge < -0.3 is 5.11 Å². The number of hydrogen-bond acceptors (Lipinski definition) is 1. The summed E-state index contributed by atoms with van der Waals surface area (Å²) in [6.45, 7) is 3.69. The topological polar surface area (TPSA) is 20.2 Å². The van der Waals surface area contributed by atoms with Crippen LogP contribution in [0.2, 0.25) is 0 Å². The van der Waals surface area contributed by atoms with Gasteiger partial charge in [0.1, 0.15) is 5.06 Å². The lowest BCUT2D eigenvalue weighted by atomic mass is 10.2. The molecule has 0 spiro atoms. The van der Waals surface area contributed by atoms with Crippen molar-refractivity contribution in [3.63, 3.8) is 0 Å². The quantitative estimate of drug-likeness (QED) is 0.590. The standard InChI is InChI=1S/C6H13ClO/c1-3-4-5-6(2,7)8/h8H,3-5H2,1-2H3. The second-order valence-electron chi connectivity index (χ2n) is 2.25. The Balaban J connectivity index is 3.11. The summed E-state index contributed by atoms with van der Waals surface area (Å²) in [6, 6.07) is 0. The summed E-state index contributed by atoms with van der Waals surface area (Å²) >= 11 is 5.47. The van der Waals surface area contributed by atoms with Crippen molar-refractivity contribution in [1.82, 2.24) is 0 Å². The van der Waals surface area contributed by atoms with Crippen LogP contribution in [-0.2, 0) is 0 Å². The normalized spacial score (nSPS) is 18.0. The maximum Gasteiger partial charge on any atom is 0.135 e. The zero-order valence-electron chi connectivity index (χ0n) is 5.45. The Morgan fingerprint density at radius 1 is 1.62 bits per heavy atom. The zero-order valence-corrected chi connectivity index (χ0v) is 6.20. The molecule has 2 heteroatoms. The molecule has 1 N–H and O–H groups in total. The highest BCUT2D eigenvalue weighted by Gasteiger charge is 2.12. The van der Waals surface area contributed by atoms with E-state index in [1.165, 1.54) is 0 Å². The molecule has 0 fully saturated rings. The third kappa shape index (κ3) is 6.25. The van der Waals surface area contributed by atoms with Gasteiger partial charge in [0.15, 0.2) is 0 Å². The largest absolute Gasteiger partial charge is 0.375 e. The van der Waals surface area contributed by atoms with Crippen LogP contribution >= 0.6 is 11.6 Å². The highest BCUT2D eigenvalue weighted by molar-refractivity contribution is 6.22. The lowest BCUT2D eigenvalue weighted by Gasteiger charge is -2.12. The van der Waals surface area contributed by atoms with Crippen molar-refractivity contribution in [2.45, 2.75) is 38.2 Å². The second kappa shape index (κ2) is 3.31. The zero-order chi connectivity index (χ0) is 6.62. The van der Waals surface area contributed by atoms with Crippen LogP contribution in [0.4, 0.5) is 0 Å². The van der Waals surface area contributed by atoms with E-state index >= 15 is 0 Å². The molecule has 0 aromatic rings. The number of halogens is 1. The monoisotopic (exact) mass is 136 g/mol. The Morgan fingerprint density at radius 2 is 2.12 bits per heavy atom. The minimum Gasteiger partial charge on any atom is -0.375 e. The summed E-state index contributed by atoms with van der Waals surface area (Å²) in [7, 11) is 0. The van der Waals surface area contributed by atoms with E-state index in [2.05, 4.69) is 6.92 Å². The van der Waals surface area contributed by atoms with Crippen LogP contribution in [-0.4, -0.2) is 10.2 Å². The van der Waals surface area contributed by atoms with Crippen molar-refractivity contribution < 1.29 is 5.11 Å². The average molecular weight is 137 g/mol. The second-order valence-corrected chi connectivity index (χ2v) is 3.06. The molecule has 0 amide bonds. The molecular formula is C6H13ClO. The molecule has 0 aromatic heterocycles. The van der Waals surface area contributed by atoms with E-state index in [0.29, 0.717) is 6.42 Å². The predicted molar refractivity (Wildman–Crippen MR) is 36.0 cm³/mol. The van der Waals surface area contributed by atoms with E-state index < -0.39 is 5.06 Å². The van der Waals surface area contributed by atoms with Gasteiger partial charge >= 0.3 is 0 Å². The van der Waals surface area contributed by atoms with Gasteiger partial charge in [-0.2, -0.15) is 0 Å². The van der Waals surface area contributed by atoms with Crippen molar-refractivity contribution in [1.29, 1.82) is 0 Å². The highest BCUT2D eigenvalue weighted by Crippen LogP contribution is 2.16. The third-order valence-electron chi connectivity index (χ3n) is 0.987. The summed E-state index contributed by atoms with van der Waals surface area (Å²) in [4.78, 5) is 0. The number of aliphatic hydroxyl groups is 1. The Hall–Kier alpha value is 0.250. The number of hydrogen-bond donors (Lipinski definition) is 1. The molecule has 0 aliphatic rings. The van der Waals surface area contributed by atoms with E-state index in [0.717, 1.165) is 12.8 Å². The van der Waals surface area contributed by atoms with Crippen LogP contribution in [0.5, 0.6) is 0 Å². The molecule has 0 radical (unpaired) electrons. The van der Waals surface area contributed by atoms with E-state index in [-0.39, 0.29) is 0 Å². The molecular weight excluding hydrogens is 124 g/mol. The van der Waals surface area contributed by atoms with E-state index in [1.54, 1.807) is 6.92 Å². The van der Waals surface area contributed by atoms with Crippen molar-refractivity contribution in [3.05, 3.63) is 0 Å². The molecule has 1 atom stereocenters. The molecule has 1 unspecified atom stereocenters. The molecule has 50 valence electrons. The first kappa shape index (κ1) is 8.25. The van der Waals surface area contributed by atoms with Crippen LogP contribution in [0.3, 0.4) is 0 Å². The smallest absolute Gasteiger partial charge is 0.135 e. The highest BCUT2D eigenvalue weighted by atomic mass is 35.5. The maximum atomic E-state index is 8.91. The first-order valence-corrected chi connectivity index (χ1v) is 3.35. The molecule has 0 bridgehead atoms. The summed E-state index contributed by atoms with van der Waals surface area (Å²) in [5.74, 6) is 0. The van der Waals surface area contributed by atoms with Crippen molar-refractivity contribution in [2.75, 3.05) is 0 Å². The van der Waals surface area contributed by atoms with Crippen molar-refractivity contribution in [2.24, 2.45) is 0 Å². The lowest BCUT2D eigenvalue weighted by Crippen LogP contribution is -2.13. The predicted octanol–water partition coefficient (Wildman–Crippen LogP) is 2.12. The maximum absolute atomic E-state index is 8.91. The fourth-order valence-corrected chi connectivity index (χ4v) is 0.633. The number of rotatable bonds is 3. The Kier molecular flexibility index (Phi) is 3.41. The van der Waals surface area contributed by atoms with Gasteiger partial charge in [0.25, 0.3) is 0 Å². The van der Waals surface area contributed by atoms with Gasteiger partial charge in [0.05, 0.1) is 0 Å². The molecule has 0 aromatic carbocycles. The fraction of sp³-hybridized carbons (Fsp3) is 1.00. The summed E-state index contributed by atoms with van der Waals surface area (Å²) in [6.07, 6.45) is 2.77. The Bertz CT molecular complexity index is 56.0. The van der Waals surface area contributed by atoms with Gasteiger partial charge in [-0.25, -0.2) is 0 Å². The van der Waals surface area contributed by atoms with Crippen LogP contribution in [0.25, 0.3) is 0 Å². The SMILES string of the molecule is CCCCC(C)(O)Cl. The van der Waals surface area contributed by atoms with Crippen LogP contribution in [0.15, 0.2) is 0 Å². The van der Waals surface area contributed by atoms with Gasteiger partial charge in [-0.15, -0.1) is 0 Å². The van der Waals surface area contributed by atoms with Crippen LogP contribution in [0, 0.1) is 0 Å². The van der Waals surface area contributed by atoms with E-state index in [1.807, 2.05) is 0 Å². The van der Waals surface area contributed by atoms with Gasteiger partial charge in [0, 0.05) is 0 Å². The molecule has 8 heavy (non-hydrogen) atoms. The van der Waals surface area contributed by atoms with Gasteiger partial charge in [0.2, 0.25) is 0 Å². The first-order valence-electron chi connectivity index (χ1n) is 2.97. The molecule has 0 aliphatic heterocycles. The fourth-order valence-electron chi connectivity index (χ4n) is 0.499. The van der Waals surface area contributed by atoms with Crippen molar-refractivity contribution in [3.8, 4) is 0 Å². The van der Waals surface area contributed by atoms with E-state index in [4.69, 9.17) is 16.7 Å². The van der Waals surface area contributed by atoms with Crippen LogP contribution < -0.4 is 0 Å². The van der Waals surface area contributed by atoms with Gasteiger partial charge in [-0.1, -0.05) is 24.9 Å². The molecule has 0 aliphatic carbocycles. The third-order valence-corrected chi connectivity index (χ3v) is 1.18.